The number of hydrogen-bond donors (Lipinski definition) is 0. The summed E-state index contributed by atoms with van der Waals surface area (Å²) < 4.78 is 5.44. The third kappa shape index (κ3) is 3.63. The van der Waals surface area contributed by atoms with Crippen LogP contribution in [0, 0.1) is 20.8 Å². The molecule has 28 heavy (non-hydrogen) atoms. The lowest BCUT2D eigenvalue weighted by Crippen LogP contribution is -2.30. The molecule has 1 atom stereocenters. The molecule has 6 heteroatoms. The van der Waals surface area contributed by atoms with Gasteiger partial charge in [-0.25, -0.2) is 0 Å². The minimum Gasteiger partial charge on any atom is -0.496 e. The van der Waals surface area contributed by atoms with Gasteiger partial charge in [-0.2, -0.15) is 9.90 Å². The van der Waals surface area contributed by atoms with Crippen LogP contribution in [0.25, 0.3) is 5.69 Å². The molecule has 1 amide bonds. The van der Waals surface area contributed by atoms with E-state index in [1.807, 2.05) is 64.1 Å². The molecule has 0 radical (unpaired) electrons. The molecule has 0 saturated carbocycles. The highest BCUT2D eigenvalue weighted by atomic mass is 16.5. The van der Waals surface area contributed by atoms with Crippen molar-refractivity contribution in [3.63, 3.8) is 0 Å². The van der Waals surface area contributed by atoms with Crippen LogP contribution in [-0.4, -0.2) is 40.0 Å². The fraction of sp³-hybridized carbons (Fsp3) is 0.318. The normalized spacial score (nSPS) is 11.9. The number of methoxy groups -OCH3 is 1. The van der Waals surface area contributed by atoms with E-state index in [1.54, 1.807) is 23.9 Å². The van der Waals surface area contributed by atoms with E-state index < -0.39 is 0 Å². The van der Waals surface area contributed by atoms with Crippen LogP contribution in [0.5, 0.6) is 5.75 Å². The van der Waals surface area contributed by atoms with E-state index in [0.29, 0.717) is 11.4 Å². The molecule has 6 nitrogen and oxygen atoms in total. The van der Waals surface area contributed by atoms with Gasteiger partial charge in [0.25, 0.3) is 5.91 Å². The van der Waals surface area contributed by atoms with Gasteiger partial charge in [0.15, 0.2) is 5.69 Å². The molecule has 1 unspecified atom stereocenters. The number of hydrogen-bond acceptors (Lipinski definition) is 4. The van der Waals surface area contributed by atoms with Crippen LogP contribution in [0.1, 0.15) is 45.8 Å². The number of amides is 1. The second-order valence-corrected chi connectivity index (χ2v) is 7.05. The Bertz CT molecular complexity index is 1010. The van der Waals surface area contributed by atoms with Gasteiger partial charge in [-0.05, 0) is 45.4 Å². The van der Waals surface area contributed by atoms with Gasteiger partial charge < -0.3 is 9.64 Å². The summed E-state index contributed by atoms with van der Waals surface area (Å²) in [6, 6.07) is 13.6. The Morgan fingerprint density at radius 3 is 2.50 bits per heavy atom. The number of aryl methyl sites for hydroxylation is 3. The van der Waals surface area contributed by atoms with E-state index in [9.17, 15) is 4.79 Å². The van der Waals surface area contributed by atoms with Gasteiger partial charge in [-0.1, -0.05) is 35.9 Å². The summed E-state index contributed by atoms with van der Waals surface area (Å²) in [5.74, 6) is 0.581. The molecule has 1 aromatic heterocycles. The molecule has 0 aliphatic rings. The number of para-hydroxylation sites is 1. The Labute approximate surface area is 165 Å². The maximum Gasteiger partial charge on any atom is 0.276 e. The standard InChI is InChI=1S/C22H26N4O2/c1-14-11-12-19(15(2)13-14)26-23-16(3)21(24-26)22(27)25(5)17(4)18-9-7-8-10-20(18)28-6/h7-13,17H,1-6H3. The fourth-order valence-electron chi connectivity index (χ4n) is 3.28. The van der Waals surface area contributed by atoms with Crippen LogP contribution in [0.3, 0.4) is 0 Å². The number of ether oxygens (including phenoxy) is 1. The van der Waals surface area contributed by atoms with Gasteiger partial charge >= 0.3 is 0 Å². The smallest absolute Gasteiger partial charge is 0.276 e. The van der Waals surface area contributed by atoms with Gasteiger partial charge in [0, 0.05) is 12.6 Å². The van der Waals surface area contributed by atoms with Crippen LogP contribution in [-0.2, 0) is 0 Å². The highest BCUT2D eigenvalue weighted by Gasteiger charge is 2.25. The Hall–Kier alpha value is -3.15. The maximum atomic E-state index is 13.1. The molecule has 1 heterocycles. The molecule has 3 rings (SSSR count). The largest absolute Gasteiger partial charge is 0.496 e. The molecule has 0 bridgehead atoms. The number of nitrogens with zero attached hydrogens (tertiary/aromatic N) is 4. The highest BCUT2D eigenvalue weighted by Crippen LogP contribution is 2.29. The van der Waals surface area contributed by atoms with Crippen molar-refractivity contribution < 1.29 is 9.53 Å². The Kier molecular flexibility index (Phi) is 5.49. The van der Waals surface area contributed by atoms with Crippen LogP contribution in [0.2, 0.25) is 0 Å². The summed E-state index contributed by atoms with van der Waals surface area (Å²) in [5.41, 5.74) is 5.00. The quantitative estimate of drug-likeness (QED) is 0.672. The Balaban J connectivity index is 1.91. The number of benzene rings is 2. The first-order valence-electron chi connectivity index (χ1n) is 9.25. The lowest BCUT2D eigenvalue weighted by atomic mass is 10.1. The predicted octanol–water partition coefficient (Wildman–Crippen LogP) is 4.03. The van der Waals surface area contributed by atoms with Crippen LogP contribution < -0.4 is 4.74 Å². The zero-order valence-electron chi connectivity index (χ0n) is 17.2. The van der Waals surface area contributed by atoms with Crippen molar-refractivity contribution in [2.75, 3.05) is 14.2 Å². The summed E-state index contributed by atoms with van der Waals surface area (Å²) in [4.78, 5) is 16.3. The van der Waals surface area contributed by atoms with Gasteiger partial charge in [0.05, 0.1) is 24.5 Å². The number of carbonyl (C=O) groups excluding carboxylic acids is 1. The van der Waals surface area contributed by atoms with E-state index in [0.717, 1.165) is 22.6 Å². The maximum absolute atomic E-state index is 13.1. The second-order valence-electron chi connectivity index (χ2n) is 7.05. The van der Waals surface area contributed by atoms with Gasteiger partial charge in [-0.15, -0.1) is 5.10 Å². The minimum atomic E-state index is -0.174. The molecule has 3 aromatic rings. The van der Waals surface area contributed by atoms with E-state index in [1.165, 1.54) is 5.56 Å². The molecule has 0 aliphatic heterocycles. The number of rotatable bonds is 5. The van der Waals surface area contributed by atoms with Crippen LogP contribution in [0.4, 0.5) is 0 Å². The summed E-state index contributed by atoms with van der Waals surface area (Å²) in [6.45, 7) is 7.83. The third-order valence-corrected chi connectivity index (χ3v) is 5.04. The number of carbonyl (C=O) groups is 1. The summed E-state index contributed by atoms with van der Waals surface area (Å²) in [5, 5.41) is 8.97. The van der Waals surface area contributed by atoms with Crippen LogP contribution >= 0.6 is 0 Å². The zero-order chi connectivity index (χ0) is 20.4. The zero-order valence-corrected chi connectivity index (χ0v) is 17.2. The summed E-state index contributed by atoms with van der Waals surface area (Å²) >= 11 is 0. The van der Waals surface area contributed by atoms with Crippen molar-refractivity contribution in [3.05, 3.63) is 70.5 Å². The molecule has 0 aliphatic carbocycles. The second kappa shape index (κ2) is 7.84. The molecular weight excluding hydrogens is 352 g/mol. The molecule has 146 valence electrons. The van der Waals surface area contributed by atoms with Gasteiger partial charge in [-0.3, -0.25) is 4.79 Å². The Morgan fingerprint density at radius 1 is 1.11 bits per heavy atom. The van der Waals surface area contributed by atoms with Crippen molar-refractivity contribution in [1.82, 2.24) is 19.9 Å². The lowest BCUT2D eigenvalue weighted by Gasteiger charge is -2.26. The lowest BCUT2D eigenvalue weighted by molar-refractivity contribution is 0.0734. The van der Waals surface area contributed by atoms with Crippen molar-refractivity contribution in [1.29, 1.82) is 0 Å². The van der Waals surface area contributed by atoms with Gasteiger partial charge in [0.2, 0.25) is 0 Å². The van der Waals surface area contributed by atoms with Crippen LogP contribution in [0.15, 0.2) is 42.5 Å². The molecule has 0 saturated heterocycles. The first-order valence-corrected chi connectivity index (χ1v) is 9.25. The van der Waals surface area contributed by atoms with Crippen molar-refractivity contribution in [2.45, 2.75) is 33.7 Å². The van der Waals surface area contributed by atoms with E-state index in [4.69, 9.17) is 4.74 Å². The summed E-state index contributed by atoms with van der Waals surface area (Å²) in [7, 11) is 3.40. The average Bonchev–Trinajstić information content (AvgIpc) is 3.07. The SMILES string of the molecule is COc1ccccc1C(C)N(C)C(=O)c1nn(-c2ccc(C)cc2C)nc1C. The van der Waals surface area contributed by atoms with E-state index in [-0.39, 0.29) is 11.9 Å². The van der Waals surface area contributed by atoms with E-state index in [2.05, 4.69) is 16.3 Å². The molecule has 0 spiro atoms. The van der Waals surface area contributed by atoms with E-state index >= 15 is 0 Å². The first kappa shape index (κ1) is 19.6. The molecule has 0 fully saturated rings. The monoisotopic (exact) mass is 378 g/mol. The number of aromatic nitrogens is 3. The Morgan fingerprint density at radius 2 is 1.82 bits per heavy atom. The van der Waals surface area contributed by atoms with Crippen molar-refractivity contribution in [3.8, 4) is 11.4 Å². The minimum absolute atomic E-state index is 0.172. The molecular formula is C22H26N4O2. The topological polar surface area (TPSA) is 60.2 Å². The molecule has 0 N–H and O–H groups in total. The predicted molar refractivity (Wildman–Crippen MR) is 109 cm³/mol. The molecule has 2 aromatic carbocycles. The average molecular weight is 378 g/mol. The fourth-order valence-corrected chi connectivity index (χ4v) is 3.28. The van der Waals surface area contributed by atoms with Gasteiger partial charge in [0.1, 0.15) is 5.75 Å². The third-order valence-electron chi connectivity index (χ3n) is 5.04. The van der Waals surface area contributed by atoms with Crippen molar-refractivity contribution >= 4 is 5.91 Å². The highest BCUT2D eigenvalue weighted by molar-refractivity contribution is 5.93. The summed E-state index contributed by atoms with van der Waals surface area (Å²) in [6.07, 6.45) is 0. The van der Waals surface area contributed by atoms with Crippen molar-refractivity contribution in [2.24, 2.45) is 0 Å². The first-order chi connectivity index (χ1) is 13.3.